The van der Waals surface area contributed by atoms with Crippen LogP contribution in [-0.2, 0) is 4.79 Å². The fraction of sp³-hybridized carbons (Fsp3) is 0.200. The van der Waals surface area contributed by atoms with Gasteiger partial charge in [-0.15, -0.1) is 0 Å². The molecule has 72 valence electrons. The van der Waals surface area contributed by atoms with Crippen molar-refractivity contribution in [3.63, 3.8) is 0 Å². The highest BCUT2D eigenvalue weighted by Crippen LogP contribution is 2.31. The number of ketones is 1. The zero-order valence-electron chi connectivity index (χ0n) is 7.50. The van der Waals surface area contributed by atoms with Gasteiger partial charge in [-0.3, -0.25) is 9.59 Å². The molecule has 2 rings (SSSR count). The summed E-state index contributed by atoms with van der Waals surface area (Å²) in [5.74, 6) is -0.818. The molecular formula is C10H8ClNO2. The maximum absolute atomic E-state index is 11.8. The second-order valence-electron chi connectivity index (χ2n) is 3.33. The van der Waals surface area contributed by atoms with Crippen molar-refractivity contribution in [3.05, 3.63) is 29.8 Å². The van der Waals surface area contributed by atoms with Crippen LogP contribution >= 0.6 is 11.6 Å². The van der Waals surface area contributed by atoms with Crippen molar-refractivity contribution in [1.29, 1.82) is 0 Å². The summed E-state index contributed by atoms with van der Waals surface area (Å²) in [4.78, 5) is 21.7. The SMILES string of the molecule is CC1(Cl)C(=O)Nc2ccccc2C1=O. The van der Waals surface area contributed by atoms with Crippen LogP contribution in [0.25, 0.3) is 0 Å². The van der Waals surface area contributed by atoms with Gasteiger partial charge in [-0.2, -0.15) is 0 Å². The van der Waals surface area contributed by atoms with E-state index >= 15 is 0 Å². The van der Waals surface area contributed by atoms with Crippen LogP contribution < -0.4 is 5.32 Å². The smallest absolute Gasteiger partial charge is 0.253 e. The third-order valence-electron chi connectivity index (χ3n) is 2.27. The second kappa shape index (κ2) is 2.82. The zero-order valence-corrected chi connectivity index (χ0v) is 8.26. The van der Waals surface area contributed by atoms with Gasteiger partial charge in [0.05, 0.1) is 5.69 Å². The molecule has 1 atom stereocenters. The number of amides is 1. The topological polar surface area (TPSA) is 46.2 Å². The first-order valence-electron chi connectivity index (χ1n) is 4.17. The van der Waals surface area contributed by atoms with Crippen LogP contribution in [0.4, 0.5) is 5.69 Å². The molecule has 3 nitrogen and oxygen atoms in total. The lowest BCUT2D eigenvalue weighted by molar-refractivity contribution is -0.117. The highest BCUT2D eigenvalue weighted by molar-refractivity contribution is 6.51. The summed E-state index contributed by atoms with van der Waals surface area (Å²) < 4.78 is 0. The van der Waals surface area contributed by atoms with Crippen LogP contribution in [0.15, 0.2) is 24.3 Å². The first-order chi connectivity index (χ1) is 6.53. The third-order valence-corrected chi connectivity index (χ3v) is 2.62. The van der Waals surface area contributed by atoms with E-state index in [-0.39, 0.29) is 5.78 Å². The molecule has 0 saturated heterocycles. The number of Topliss-reactive ketones (excluding diaryl/α,β-unsaturated/α-hetero) is 1. The Bertz CT molecular complexity index is 426. The van der Waals surface area contributed by atoms with Crippen molar-refractivity contribution in [2.24, 2.45) is 0 Å². The van der Waals surface area contributed by atoms with Gasteiger partial charge in [-0.05, 0) is 19.1 Å². The minimum Gasteiger partial charge on any atom is -0.323 e. The van der Waals surface area contributed by atoms with Crippen LogP contribution in [-0.4, -0.2) is 16.6 Å². The van der Waals surface area contributed by atoms with E-state index in [2.05, 4.69) is 5.32 Å². The Labute approximate surface area is 86.1 Å². The number of carbonyl (C=O) groups is 2. The van der Waals surface area contributed by atoms with Crippen LogP contribution in [0.1, 0.15) is 17.3 Å². The number of alkyl halides is 1. The minimum absolute atomic E-state index is 0.349. The number of halogens is 1. The van der Waals surface area contributed by atoms with E-state index in [0.29, 0.717) is 11.3 Å². The van der Waals surface area contributed by atoms with E-state index < -0.39 is 10.8 Å². The Kier molecular flexibility index (Phi) is 1.86. The van der Waals surface area contributed by atoms with Gasteiger partial charge in [-0.1, -0.05) is 23.7 Å². The van der Waals surface area contributed by atoms with E-state index in [1.165, 1.54) is 6.92 Å². The molecule has 0 bridgehead atoms. The molecule has 1 aliphatic heterocycles. The Balaban J connectivity index is 2.61. The molecule has 1 unspecified atom stereocenters. The number of para-hydroxylation sites is 1. The summed E-state index contributed by atoms with van der Waals surface area (Å²) in [6.45, 7) is 1.40. The van der Waals surface area contributed by atoms with Crippen molar-refractivity contribution >= 4 is 29.0 Å². The van der Waals surface area contributed by atoms with Gasteiger partial charge < -0.3 is 5.32 Å². The van der Waals surface area contributed by atoms with E-state index in [9.17, 15) is 9.59 Å². The Morgan fingerprint density at radius 3 is 2.64 bits per heavy atom. The summed E-state index contributed by atoms with van der Waals surface area (Å²) in [5.41, 5.74) is 0.991. The molecule has 0 fully saturated rings. The number of fused-ring (bicyclic) bond motifs is 1. The molecule has 1 aromatic carbocycles. The number of benzene rings is 1. The van der Waals surface area contributed by atoms with Gasteiger partial charge >= 0.3 is 0 Å². The quantitative estimate of drug-likeness (QED) is 0.523. The molecule has 0 aliphatic carbocycles. The number of nitrogens with one attached hydrogen (secondary N) is 1. The number of carbonyl (C=O) groups excluding carboxylic acids is 2. The predicted molar refractivity (Wildman–Crippen MR) is 53.7 cm³/mol. The number of hydrogen-bond acceptors (Lipinski definition) is 2. The maximum atomic E-state index is 11.8. The lowest BCUT2D eigenvalue weighted by Gasteiger charge is -2.26. The van der Waals surface area contributed by atoms with Crippen molar-refractivity contribution < 1.29 is 9.59 Å². The van der Waals surface area contributed by atoms with Gasteiger partial charge in [0.2, 0.25) is 0 Å². The van der Waals surface area contributed by atoms with Gasteiger partial charge in [-0.25, -0.2) is 0 Å². The molecule has 1 heterocycles. The maximum Gasteiger partial charge on any atom is 0.253 e. The van der Waals surface area contributed by atoms with E-state index in [1.807, 2.05) is 0 Å². The van der Waals surface area contributed by atoms with Crippen molar-refractivity contribution in [2.45, 2.75) is 11.8 Å². The lowest BCUT2D eigenvalue weighted by atomic mass is 9.92. The summed E-state index contributed by atoms with van der Waals surface area (Å²) in [6, 6.07) is 6.82. The second-order valence-corrected chi connectivity index (χ2v) is 4.09. The molecular weight excluding hydrogens is 202 g/mol. The van der Waals surface area contributed by atoms with Crippen molar-refractivity contribution in [1.82, 2.24) is 0 Å². The fourth-order valence-electron chi connectivity index (χ4n) is 1.39. The fourth-order valence-corrected chi connectivity index (χ4v) is 1.53. The summed E-state index contributed by atoms with van der Waals surface area (Å²) in [6.07, 6.45) is 0. The summed E-state index contributed by atoms with van der Waals surface area (Å²) in [7, 11) is 0. The van der Waals surface area contributed by atoms with Gasteiger partial charge in [0, 0.05) is 5.56 Å². The molecule has 1 aromatic rings. The van der Waals surface area contributed by atoms with Crippen LogP contribution in [0.2, 0.25) is 0 Å². The number of hydrogen-bond donors (Lipinski definition) is 1. The molecule has 0 spiro atoms. The Morgan fingerprint density at radius 1 is 1.29 bits per heavy atom. The number of anilines is 1. The molecule has 1 aliphatic rings. The zero-order chi connectivity index (χ0) is 10.3. The highest BCUT2D eigenvalue weighted by Gasteiger charge is 2.43. The monoisotopic (exact) mass is 209 g/mol. The average Bonchev–Trinajstić information content (AvgIpc) is 2.15. The number of rotatable bonds is 0. The molecule has 0 aromatic heterocycles. The molecule has 0 radical (unpaired) electrons. The van der Waals surface area contributed by atoms with Gasteiger partial charge in [0.25, 0.3) is 5.91 Å². The lowest BCUT2D eigenvalue weighted by Crippen LogP contribution is -2.46. The predicted octanol–water partition coefficient (Wildman–Crippen LogP) is 1.82. The largest absolute Gasteiger partial charge is 0.323 e. The minimum atomic E-state index is -1.48. The molecule has 1 amide bonds. The molecule has 1 N–H and O–H groups in total. The van der Waals surface area contributed by atoms with E-state index in [4.69, 9.17) is 11.6 Å². The van der Waals surface area contributed by atoms with E-state index in [0.717, 1.165) is 0 Å². The summed E-state index contributed by atoms with van der Waals surface area (Å²) in [5, 5.41) is 2.59. The highest BCUT2D eigenvalue weighted by atomic mass is 35.5. The average molecular weight is 210 g/mol. The van der Waals surface area contributed by atoms with Gasteiger partial charge in [0.1, 0.15) is 0 Å². The first-order valence-corrected chi connectivity index (χ1v) is 4.55. The molecule has 4 heteroatoms. The van der Waals surface area contributed by atoms with E-state index in [1.54, 1.807) is 24.3 Å². The third kappa shape index (κ3) is 1.13. The van der Waals surface area contributed by atoms with Crippen molar-refractivity contribution in [2.75, 3.05) is 5.32 Å². The van der Waals surface area contributed by atoms with Crippen LogP contribution in [0.5, 0.6) is 0 Å². The summed E-state index contributed by atoms with van der Waals surface area (Å²) >= 11 is 5.84. The Hall–Kier alpha value is -1.35. The van der Waals surface area contributed by atoms with Gasteiger partial charge in [0.15, 0.2) is 10.7 Å². The molecule has 14 heavy (non-hydrogen) atoms. The van der Waals surface area contributed by atoms with Crippen LogP contribution in [0, 0.1) is 0 Å². The Morgan fingerprint density at radius 2 is 1.93 bits per heavy atom. The normalized spacial score (nSPS) is 25.6. The van der Waals surface area contributed by atoms with Crippen LogP contribution in [0.3, 0.4) is 0 Å². The standard InChI is InChI=1S/C10H8ClNO2/c1-10(11)8(13)6-4-2-3-5-7(6)12-9(10)14/h2-5H,1H3,(H,12,14). The van der Waals surface area contributed by atoms with Crippen molar-refractivity contribution in [3.8, 4) is 0 Å². The first kappa shape index (κ1) is 9.21. The molecule has 0 saturated carbocycles.